The molecule has 1 amide bonds. The molecule has 1 aliphatic rings. The van der Waals surface area contributed by atoms with E-state index in [0.717, 1.165) is 22.0 Å². The van der Waals surface area contributed by atoms with Gasteiger partial charge in [-0.25, -0.2) is 10.2 Å². The average Bonchev–Trinajstić information content (AvgIpc) is 3.27. The molecule has 4 rings (SSSR count). The molecular formula is C19H18FN5O. The second kappa shape index (κ2) is 6.29. The minimum absolute atomic E-state index is 0.302. The van der Waals surface area contributed by atoms with Crippen LogP contribution in [0, 0.1) is 5.82 Å². The van der Waals surface area contributed by atoms with E-state index in [9.17, 15) is 9.18 Å². The van der Waals surface area contributed by atoms with E-state index >= 15 is 0 Å². The Labute approximate surface area is 149 Å². The van der Waals surface area contributed by atoms with Crippen LogP contribution < -0.4 is 16.7 Å². The van der Waals surface area contributed by atoms with Gasteiger partial charge in [0.15, 0.2) is 5.54 Å². The third kappa shape index (κ3) is 2.45. The molecule has 6 nitrogen and oxygen atoms in total. The largest absolute Gasteiger partial charge is 0.361 e. The number of nitrogens with zero attached hydrogens (tertiary/aromatic N) is 1. The number of carbonyl (C=O) groups excluding carboxylic acids is 1. The molecule has 0 radical (unpaired) electrons. The molecule has 0 spiro atoms. The van der Waals surface area contributed by atoms with E-state index in [1.54, 1.807) is 29.4 Å². The highest BCUT2D eigenvalue weighted by atomic mass is 19.1. The van der Waals surface area contributed by atoms with Crippen molar-refractivity contribution >= 4 is 16.8 Å². The van der Waals surface area contributed by atoms with Crippen LogP contribution in [0.1, 0.15) is 11.1 Å². The third-order valence-corrected chi connectivity index (χ3v) is 4.71. The van der Waals surface area contributed by atoms with Gasteiger partial charge in [-0.05, 0) is 29.8 Å². The second-order valence-corrected chi connectivity index (χ2v) is 6.16. The molecule has 1 aromatic heterocycles. The van der Waals surface area contributed by atoms with Gasteiger partial charge in [-0.2, -0.15) is 5.01 Å². The smallest absolute Gasteiger partial charge is 0.264 e. The summed E-state index contributed by atoms with van der Waals surface area (Å²) < 4.78 is 13.2. The summed E-state index contributed by atoms with van der Waals surface area (Å²) in [6, 6.07) is 13.9. The molecule has 7 heteroatoms. The monoisotopic (exact) mass is 351 g/mol. The van der Waals surface area contributed by atoms with E-state index in [2.05, 4.69) is 15.8 Å². The van der Waals surface area contributed by atoms with Crippen molar-refractivity contribution in [2.45, 2.75) is 12.1 Å². The van der Waals surface area contributed by atoms with Crippen molar-refractivity contribution in [3.63, 3.8) is 0 Å². The summed E-state index contributed by atoms with van der Waals surface area (Å²) in [7, 11) is 0. The molecule has 1 aliphatic heterocycles. The topological polar surface area (TPSA) is 86.2 Å². The van der Waals surface area contributed by atoms with Crippen molar-refractivity contribution in [2.24, 2.45) is 5.84 Å². The molecule has 3 aromatic rings. The van der Waals surface area contributed by atoms with Crippen molar-refractivity contribution in [2.75, 3.05) is 0 Å². The lowest BCUT2D eigenvalue weighted by Gasteiger charge is -2.35. The Bertz CT molecular complexity index is 981. The van der Waals surface area contributed by atoms with E-state index in [1.807, 2.05) is 30.5 Å². The first-order valence-corrected chi connectivity index (χ1v) is 8.19. The summed E-state index contributed by atoms with van der Waals surface area (Å²) in [6.45, 7) is 0.375. The van der Waals surface area contributed by atoms with Gasteiger partial charge in [-0.15, -0.1) is 0 Å². The maximum atomic E-state index is 13.2. The summed E-state index contributed by atoms with van der Waals surface area (Å²) in [6.07, 6.45) is 5.30. The Kier molecular flexibility index (Phi) is 3.95. The number of halogens is 1. The highest BCUT2D eigenvalue weighted by molar-refractivity contribution is 5.96. The number of aromatic amines is 1. The van der Waals surface area contributed by atoms with Crippen molar-refractivity contribution in [3.8, 4) is 0 Å². The van der Waals surface area contributed by atoms with Crippen LogP contribution in [0.5, 0.6) is 0 Å². The predicted molar refractivity (Wildman–Crippen MR) is 96.5 cm³/mol. The maximum absolute atomic E-state index is 13.2. The van der Waals surface area contributed by atoms with E-state index in [1.165, 1.54) is 12.1 Å². The first-order chi connectivity index (χ1) is 12.6. The number of hydrogen-bond donors (Lipinski definition) is 4. The zero-order valence-electron chi connectivity index (χ0n) is 13.9. The van der Waals surface area contributed by atoms with E-state index < -0.39 is 5.54 Å². The standard InChI is InChI=1S/C19H18FN5O/c20-14-7-5-13(6-8-14)12-25-19(9-10-23-25,18(26)24-21)16-11-22-17-4-2-1-3-15(16)17/h1-11,22-23H,12,21H2,(H,24,26). The molecule has 1 atom stereocenters. The first-order valence-electron chi connectivity index (χ1n) is 8.19. The Morgan fingerprint density at radius 2 is 1.96 bits per heavy atom. The number of carbonyl (C=O) groups is 1. The molecular weight excluding hydrogens is 333 g/mol. The van der Waals surface area contributed by atoms with Crippen LogP contribution in [0.25, 0.3) is 10.9 Å². The average molecular weight is 351 g/mol. The molecule has 2 aromatic carbocycles. The van der Waals surface area contributed by atoms with Crippen LogP contribution in [0.2, 0.25) is 0 Å². The van der Waals surface area contributed by atoms with Gasteiger partial charge in [0, 0.05) is 35.4 Å². The Morgan fingerprint density at radius 3 is 2.73 bits per heavy atom. The minimum atomic E-state index is -1.14. The van der Waals surface area contributed by atoms with Crippen LogP contribution in [0.4, 0.5) is 4.39 Å². The van der Waals surface area contributed by atoms with Crippen molar-refractivity contribution in [1.82, 2.24) is 20.8 Å². The fourth-order valence-corrected chi connectivity index (χ4v) is 3.43. The van der Waals surface area contributed by atoms with Crippen LogP contribution >= 0.6 is 0 Å². The highest BCUT2D eigenvalue weighted by Crippen LogP contribution is 2.38. The van der Waals surface area contributed by atoms with Crippen LogP contribution in [-0.4, -0.2) is 15.9 Å². The van der Waals surface area contributed by atoms with E-state index in [-0.39, 0.29) is 11.7 Å². The molecule has 0 saturated carbocycles. The molecule has 0 saturated heterocycles. The lowest BCUT2D eigenvalue weighted by atomic mass is 9.88. The number of nitrogens with one attached hydrogen (secondary N) is 3. The zero-order chi connectivity index (χ0) is 18.1. The number of amides is 1. The fourth-order valence-electron chi connectivity index (χ4n) is 3.43. The summed E-state index contributed by atoms with van der Waals surface area (Å²) in [4.78, 5) is 16.1. The first kappa shape index (κ1) is 16.3. The number of para-hydroxylation sites is 1. The van der Waals surface area contributed by atoms with Gasteiger partial charge >= 0.3 is 0 Å². The lowest BCUT2D eigenvalue weighted by Crippen LogP contribution is -2.56. The fraction of sp³-hybridized carbons (Fsp3) is 0.105. The van der Waals surface area contributed by atoms with E-state index in [4.69, 9.17) is 5.84 Å². The summed E-state index contributed by atoms with van der Waals surface area (Å²) in [5.74, 6) is 4.84. The molecule has 26 heavy (non-hydrogen) atoms. The normalized spacial score (nSPS) is 19.6. The lowest BCUT2D eigenvalue weighted by molar-refractivity contribution is -0.132. The number of benzene rings is 2. The molecule has 2 heterocycles. The van der Waals surface area contributed by atoms with Gasteiger partial charge in [-0.3, -0.25) is 10.2 Å². The SMILES string of the molecule is NNC(=O)C1(c2c[nH]c3ccccc23)C=CNN1Cc1ccc(F)cc1. The Hall–Kier alpha value is -3.16. The second-order valence-electron chi connectivity index (χ2n) is 6.16. The number of hydrogen-bond acceptors (Lipinski definition) is 4. The minimum Gasteiger partial charge on any atom is -0.361 e. The van der Waals surface area contributed by atoms with Crippen LogP contribution in [-0.2, 0) is 16.9 Å². The number of rotatable bonds is 4. The molecule has 1 unspecified atom stereocenters. The molecule has 132 valence electrons. The number of nitrogens with two attached hydrogens (primary N) is 1. The zero-order valence-corrected chi connectivity index (χ0v) is 13.9. The number of hydrazine groups is 2. The van der Waals surface area contributed by atoms with Crippen molar-refractivity contribution < 1.29 is 9.18 Å². The molecule has 0 aliphatic carbocycles. The van der Waals surface area contributed by atoms with Gasteiger partial charge in [0.05, 0.1) is 0 Å². The summed E-state index contributed by atoms with van der Waals surface area (Å²) in [5.41, 5.74) is 6.81. The van der Waals surface area contributed by atoms with Crippen LogP contribution in [0.3, 0.4) is 0 Å². The Morgan fingerprint density at radius 1 is 1.19 bits per heavy atom. The van der Waals surface area contributed by atoms with Gasteiger partial charge < -0.3 is 10.4 Å². The summed E-state index contributed by atoms with van der Waals surface area (Å²) in [5, 5.41) is 2.70. The summed E-state index contributed by atoms with van der Waals surface area (Å²) >= 11 is 0. The van der Waals surface area contributed by atoms with Gasteiger partial charge in [0.2, 0.25) is 0 Å². The van der Waals surface area contributed by atoms with Gasteiger partial charge in [0.25, 0.3) is 5.91 Å². The highest BCUT2D eigenvalue weighted by Gasteiger charge is 2.47. The Balaban J connectivity index is 1.81. The van der Waals surface area contributed by atoms with Crippen molar-refractivity contribution in [1.29, 1.82) is 0 Å². The predicted octanol–water partition coefficient (Wildman–Crippen LogP) is 2.03. The van der Waals surface area contributed by atoms with Crippen LogP contribution in [0.15, 0.2) is 67.0 Å². The van der Waals surface area contributed by atoms with Gasteiger partial charge in [-0.1, -0.05) is 30.3 Å². The quantitative estimate of drug-likeness (QED) is 0.329. The number of fused-ring (bicyclic) bond motifs is 1. The van der Waals surface area contributed by atoms with Gasteiger partial charge in [0.1, 0.15) is 5.82 Å². The molecule has 5 N–H and O–H groups in total. The number of aromatic nitrogens is 1. The number of H-pyrrole nitrogens is 1. The van der Waals surface area contributed by atoms with Crippen molar-refractivity contribution in [3.05, 3.63) is 83.9 Å². The van der Waals surface area contributed by atoms with E-state index in [0.29, 0.717) is 6.54 Å². The maximum Gasteiger partial charge on any atom is 0.264 e. The third-order valence-electron chi connectivity index (χ3n) is 4.71. The molecule has 0 fully saturated rings. The molecule has 0 bridgehead atoms.